The van der Waals surface area contributed by atoms with Crippen molar-refractivity contribution in [1.29, 1.82) is 0 Å². The Balaban J connectivity index is 2.51. The summed E-state index contributed by atoms with van der Waals surface area (Å²) in [5.74, 6) is 0.567. The number of hydrogen-bond acceptors (Lipinski definition) is 0. The molecule has 1 unspecified atom stereocenters. The van der Waals surface area contributed by atoms with E-state index >= 15 is 0 Å². The summed E-state index contributed by atoms with van der Waals surface area (Å²) in [6.07, 6.45) is 4.55. The summed E-state index contributed by atoms with van der Waals surface area (Å²) in [5.41, 5.74) is 1.21. The van der Waals surface area contributed by atoms with Crippen molar-refractivity contribution in [2.45, 2.75) is 20.3 Å². The highest BCUT2D eigenvalue weighted by atomic mass is 14.0. The Labute approximate surface area is 69.3 Å². The van der Waals surface area contributed by atoms with E-state index in [-0.39, 0.29) is 0 Å². The average molecular weight is 146 g/mol. The molecule has 0 heterocycles. The van der Waals surface area contributed by atoms with Gasteiger partial charge in [-0.1, -0.05) is 50.6 Å². The van der Waals surface area contributed by atoms with E-state index in [0.717, 1.165) is 6.42 Å². The lowest BCUT2D eigenvalue weighted by atomic mass is 9.99. The molecule has 0 saturated heterocycles. The molecule has 1 atom stereocenters. The molecule has 0 nitrogen and oxygen atoms in total. The molecule has 2 radical (unpaired) electrons. The first-order valence-corrected chi connectivity index (χ1v) is 4.14. The van der Waals surface area contributed by atoms with Gasteiger partial charge in [0.25, 0.3) is 0 Å². The van der Waals surface area contributed by atoms with Crippen LogP contribution in [0, 0.1) is 12.3 Å². The smallest absolute Gasteiger partial charge is 0.0195 e. The van der Waals surface area contributed by atoms with Gasteiger partial charge in [-0.3, -0.25) is 0 Å². The van der Waals surface area contributed by atoms with Crippen molar-refractivity contribution < 1.29 is 0 Å². The van der Waals surface area contributed by atoms with Crippen molar-refractivity contribution in [2.75, 3.05) is 0 Å². The van der Waals surface area contributed by atoms with Crippen molar-refractivity contribution in [3.8, 4) is 0 Å². The van der Waals surface area contributed by atoms with Crippen LogP contribution in [0.1, 0.15) is 25.8 Å². The first kappa shape index (κ1) is 8.32. The quantitative estimate of drug-likeness (QED) is 0.614. The second-order valence-electron chi connectivity index (χ2n) is 2.82. The minimum Gasteiger partial charge on any atom is -0.0651 e. The molecular formula is C11H14. The SMILES string of the molecule is CCC(C)[C]c1ccccc1. The van der Waals surface area contributed by atoms with Crippen LogP contribution in [-0.2, 0) is 0 Å². The summed E-state index contributed by atoms with van der Waals surface area (Å²) in [5, 5.41) is 0. The Hall–Kier alpha value is -0.780. The molecule has 0 bridgehead atoms. The summed E-state index contributed by atoms with van der Waals surface area (Å²) in [6, 6.07) is 10.3. The molecule has 0 N–H and O–H groups in total. The van der Waals surface area contributed by atoms with Crippen LogP contribution in [0.25, 0.3) is 0 Å². The van der Waals surface area contributed by atoms with E-state index in [9.17, 15) is 0 Å². The molecule has 1 rings (SSSR count). The maximum Gasteiger partial charge on any atom is 0.0195 e. The molecule has 0 heteroatoms. The van der Waals surface area contributed by atoms with E-state index in [1.165, 1.54) is 5.56 Å². The number of hydrogen-bond donors (Lipinski definition) is 0. The predicted octanol–water partition coefficient (Wildman–Crippen LogP) is 3.16. The van der Waals surface area contributed by atoms with Gasteiger partial charge in [-0.2, -0.15) is 0 Å². The van der Waals surface area contributed by atoms with Gasteiger partial charge in [0.15, 0.2) is 0 Å². The minimum absolute atomic E-state index is 0.567. The van der Waals surface area contributed by atoms with Crippen LogP contribution in [0.4, 0.5) is 0 Å². The lowest BCUT2D eigenvalue weighted by molar-refractivity contribution is 0.659. The lowest BCUT2D eigenvalue weighted by Crippen LogP contribution is -1.93. The van der Waals surface area contributed by atoms with Gasteiger partial charge in [0, 0.05) is 6.42 Å². The van der Waals surface area contributed by atoms with Crippen molar-refractivity contribution in [3.05, 3.63) is 42.3 Å². The highest BCUT2D eigenvalue weighted by Crippen LogP contribution is 2.12. The third-order valence-electron chi connectivity index (χ3n) is 1.80. The molecule has 0 aliphatic carbocycles. The van der Waals surface area contributed by atoms with E-state index in [1.807, 2.05) is 18.2 Å². The van der Waals surface area contributed by atoms with Gasteiger partial charge in [-0.25, -0.2) is 0 Å². The Kier molecular flexibility index (Phi) is 3.15. The zero-order valence-electron chi connectivity index (χ0n) is 7.17. The molecule has 0 aliphatic heterocycles. The standard InChI is InChI=1S/C11H14/c1-3-10(2)9-11-7-5-4-6-8-11/h4-8,10H,3H2,1-2H3. The molecule has 1 aromatic carbocycles. The summed E-state index contributed by atoms with van der Waals surface area (Å²) in [6.45, 7) is 4.37. The summed E-state index contributed by atoms with van der Waals surface area (Å²) < 4.78 is 0. The molecule has 0 spiro atoms. The van der Waals surface area contributed by atoms with E-state index in [4.69, 9.17) is 0 Å². The van der Waals surface area contributed by atoms with Crippen LogP contribution in [0.15, 0.2) is 30.3 Å². The fourth-order valence-corrected chi connectivity index (χ4v) is 0.921. The van der Waals surface area contributed by atoms with Crippen LogP contribution in [0.2, 0.25) is 0 Å². The zero-order chi connectivity index (χ0) is 8.10. The minimum atomic E-state index is 0.567. The molecular weight excluding hydrogens is 132 g/mol. The van der Waals surface area contributed by atoms with Crippen LogP contribution in [0.3, 0.4) is 0 Å². The largest absolute Gasteiger partial charge is 0.0651 e. The monoisotopic (exact) mass is 146 g/mol. The van der Waals surface area contributed by atoms with Gasteiger partial charge < -0.3 is 0 Å². The highest BCUT2D eigenvalue weighted by Gasteiger charge is 1.99. The van der Waals surface area contributed by atoms with E-state index in [0.29, 0.717) is 5.92 Å². The van der Waals surface area contributed by atoms with E-state index in [2.05, 4.69) is 32.4 Å². The number of benzene rings is 1. The van der Waals surface area contributed by atoms with Gasteiger partial charge in [-0.15, -0.1) is 0 Å². The van der Waals surface area contributed by atoms with Crippen LogP contribution >= 0.6 is 0 Å². The van der Waals surface area contributed by atoms with Crippen molar-refractivity contribution in [3.63, 3.8) is 0 Å². The molecule has 0 fully saturated rings. The Bertz CT molecular complexity index is 188. The third kappa shape index (κ3) is 2.75. The van der Waals surface area contributed by atoms with Gasteiger partial charge in [0.1, 0.15) is 0 Å². The summed E-state index contributed by atoms with van der Waals surface area (Å²) >= 11 is 0. The van der Waals surface area contributed by atoms with Crippen molar-refractivity contribution >= 4 is 0 Å². The Morgan fingerprint density at radius 2 is 1.91 bits per heavy atom. The molecule has 0 aromatic heterocycles. The van der Waals surface area contributed by atoms with Crippen LogP contribution in [-0.4, -0.2) is 0 Å². The topological polar surface area (TPSA) is 0 Å². The normalized spacial score (nSPS) is 12.9. The van der Waals surface area contributed by atoms with Gasteiger partial charge in [0.05, 0.1) is 0 Å². The summed E-state index contributed by atoms with van der Waals surface area (Å²) in [7, 11) is 0. The average Bonchev–Trinajstić information content (AvgIpc) is 2.06. The first-order chi connectivity index (χ1) is 5.33. The van der Waals surface area contributed by atoms with Crippen molar-refractivity contribution in [1.82, 2.24) is 0 Å². The molecule has 11 heavy (non-hydrogen) atoms. The molecule has 0 aliphatic rings. The second-order valence-corrected chi connectivity index (χ2v) is 2.82. The number of rotatable bonds is 3. The molecule has 0 saturated carbocycles. The van der Waals surface area contributed by atoms with Gasteiger partial charge >= 0.3 is 0 Å². The highest BCUT2D eigenvalue weighted by molar-refractivity contribution is 5.22. The Morgan fingerprint density at radius 3 is 2.45 bits per heavy atom. The first-order valence-electron chi connectivity index (χ1n) is 4.14. The van der Waals surface area contributed by atoms with Gasteiger partial charge in [0.2, 0.25) is 0 Å². The van der Waals surface area contributed by atoms with E-state index in [1.54, 1.807) is 0 Å². The maximum atomic E-state index is 3.39. The van der Waals surface area contributed by atoms with Crippen LogP contribution in [0.5, 0.6) is 0 Å². The van der Waals surface area contributed by atoms with Crippen LogP contribution < -0.4 is 0 Å². The fraction of sp³-hybridized carbons (Fsp3) is 0.364. The van der Waals surface area contributed by atoms with E-state index < -0.39 is 0 Å². The molecule has 58 valence electrons. The second kappa shape index (κ2) is 4.17. The third-order valence-corrected chi connectivity index (χ3v) is 1.80. The zero-order valence-corrected chi connectivity index (χ0v) is 7.17. The predicted molar refractivity (Wildman–Crippen MR) is 48.2 cm³/mol. The molecule has 1 aromatic rings. The summed E-state index contributed by atoms with van der Waals surface area (Å²) in [4.78, 5) is 0. The molecule has 0 amide bonds. The Morgan fingerprint density at radius 1 is 1.27 bits per heavy atom. The van der Waals surface area contributed by atoms with Crippen molar-refractivity contribution in [2.24, 2.45) is 5.92 Å². The van der Waals surface area contributed by atoms with Gasteiger partial charge in [-0.05, 0) is 11.5 Å². The maximum absolute atomic E-state index is 3.39. The lowest BCUT2D eigenvalue weighted by Gasteiger charge is -2.05. The fourth-order valence-electron chi connectivity index (χ4n) is 0.921.